The molecule has 1 unspecified atom stereocenters. The summed E-state index contributed by atoms with van der Waals surface area (Å²) in [7, 11) is 0. The van der Waals surface area contributed by atoms with E-state index in [1.165, 1.54) is 5.01 Å². The third-order valence-corrected chi connectivity index (χ3v) is 5.30. The van der Waals surface area contributed by atoms with Crippen molar-refractivity contribution in [2.75, 3.05) is 11.9 Å². The summed E-state index contributed by atoms with van der Waals surface area (Å²) < 4.78 is 5.63. The lowest BCUT2D eigenvalue weighted by Crippen LogP contribution is -2.53. The lowest BCUT2D eigenvalue weighted by Gasteiger charge is -2.37. The minimum atomic E-state index is -0.552. The van der Waals surface area contributed by atoms with Crippen LogP contribution in [0.15, 0.2) is 66.7 Å². The number of nitrogens with zero attached hydrogens (tertiary/aromatic N) is 1. The molecule has 31 heavy (non-hydrogen) atoms. The van der Waals surface area contributed by atoms with Crippen molar-refractivity contribution in [3.05, 3.63) is 94.0 Å². The second-order valence-corrected chi connectivity index (χ2v) is 7.85. The number of aryl methyl sites for hydroxylation is 2. The monoisotopic (exact) mass is 435 g/mol. The van der Waals surface area contributed by atoms with E-state index in [4.69, 9.17) is 16.3 Å². The van der Waals surface area contributed by atoms with E-state index in [0.29, 0.717) is 16.3 Å². The average Bonchev–Trinajstić information content (AvgIpc) is 2.75. The Balaban J connectivity index is 1.55. The number of rotatable bonds is 5. The topological polar surface area (TPSA) is 70.7 Å². The largest absolute Gasteiger partial charge is 0.483 e. The number of hydrogen-bond donors (Lipinski definition) is 2. The fourth-order valence-corrected chi connectivity index (χ4v) is 3.66. The van der Waals surface area contributed by atoms with Crippen LogP contribution in [0.25, 0.3) is 0 Å². The molecule has 6 nitrogen and oxygen atoms in total. The van der Waals surface area contributed by atoms with Gasteiger partial charge in [0, 0.05) is 10.7 Å². The third-order valence-electron chi connectivity index (χ3n) is 5.06. The summed E-state index contributed by atoms with van der Waals surface area (Å²) in [6.45, 7) is 3.60. The first-order chi connectivity index (χ1) is 14.9. The van der Waals surface area contributed by atoms with Crippen molar-refractivity contribution in [1.82, 2.24) is 10.4 Å². The molecule has 7 heteroatoms. The molecule has 0 spiro atoms. The smallest absolute Gasteiger partial charge is 0.276 e. The first-order valence-electron chi connectivity index (χ1n) is 9.86. The van der Waals surface area contributed by atoms with Gasteiger partial charge in [0.2, 0.25) is 0 Å². The maximum Gasteiger partial charge on any atom is 0.276 e. The summed E-state index contributed by atoms with van der Waals surface area (Å²) >= 11 is 5.96. The van der Waals surface area contributed by atoms with E-state index < -0.39 is 12.1 Å². The van der Waals surface area contributed by atoms with Crippen LogP contribution >= 0.6 is 11.6 Å². The second-order valence-electron chi connectivity index (χ2n) is 7.41. The van der Waals surface area contributed by atoms with Gasteiger partial charge in [-0.3, -0.25) is 15.0 Å². The van der Waals surface area contributed by atoms with E-state index >= 15 is 0 Å². The van der Waals surface area contributed by atoms with E-state index in [0.717, 1.165) is 22.4 Å². The van der Waals surface area contributed by atoms with Crippen molar-refractivity contribution < 1.29 is 14.3 Å². The molecule has 158 valence electrons. The minimum Gasteiger partial charge on any atom is -0.483 e. The van der Waals surface area contributed by atoms with Crippen molar-refractivity contribution in [3.63, 3.8) is 0 Å². The van der Waals surface area contributed by atoms with E-state index in [1.807, 2.05) is 50.2 Å². The van der Waals surface area contributed by atoms with Crippen LogP contribution in [0, 0.1) is 13.8 Å². The van der Waals surface area contributed by atoms with Crippen LogP contribution in [-0.4, -0.2) is 23.4 Å². The van der Waals surface area contributed by atoms with Crippen molar-refractivity contribution in [2.45, 2.75) is 20.0 Å². The zero-order valence-electron chi connectivity index (χ0n) is 17.2. The minimum absolute atomic E-state index is 0.242. The SMILES string of the molecule is Cc1ccc(C2Nc3ccccc3C(=O)N2NC(=O)COc2ccc(Cl)cc2C)cc1. The zero-order chi connectivity index (χ0) is 22.0. The second kappa shape index (κ2) is 8.70. The molecule has 0 saturated carbocycles. The quantitative estimate of drug-likeness (QED) is 0.612. The van der Waals surface area contributed by atoms with Crippen LogP contribution in [0.4, 0.5) is 5.69 Å². The number of fused-ring (bicyclic) bond motifs is 1. The Labute approximate surface area is 185 Å². The average molecular weight is 436 g/mol. The molecule has 1 heterocycles. The Morgan fingerprint density at radius 1 is 1.10 bits per heavy atom. The van der Waals surface area contributed by atoms with Gasteiger partial charge in [0.15, 0.2) is 6.61 Å². The maximum atomic E-state index is 13.2. The van der Waals surface area contributed by atoms with Crippen molar-refractivity contribution in [3.8, 4) is 5.75 Å². The number of benzene rings is 3. The highest BCUT2D eigenvalue weighted by Gasteiger charge is 2.34. The molecule has 0 fully saturated rings. The van der Waals surface area contributed by atoms with Gasteiger partial charge < -0.3 is 10.1 Å². The van der Waals surface area contributed by atoms with Gasteiger partial charge in [0.25, 0.3) is 11.8 Å². The Morgan fingerprint density at radius 3 is 2.58 bits per heavy atom. The van der Waals surface area contributed by atoms with Gasteiger partial charge >= 0.3 is 0 Å². The number of hydrazine groups is 1. The maximum absolute atomic E-state index is 13.2. The van der Waals surface area contributed by atoms with Crippen LogP contribution < -0.4 is 15.5 Å². The molecule has 0 bridgehead atoms. The molecule has 1 atom stereocenters. The molecule has 2 N–H and O–H groups in total. The number of carbonyl (C=O) groups excluding carboxylic acids is 2. The molecule has 0 aromatic heterocycles. The molecule has 2 amide bonds. The normalized spacial score (nSPS) is 15.1. The third kappa shape index (κ3) is 4.49. The van der Waals surface area contributed by atoms with Crippen molar-refractivity contribution in [2.24, 2.45) is 0 Å². The Bertz CT molecular complexity index is 1130. The molecular formula is C24H22ClN3O3. The molecule has 3 aromatic carbocycles. The van der Waals surface area contributed by atoms with Crippen LogP contribution in [0.1, 0.15) is 33.2 Å². The number of anilines is 1. The number of ether oxygens (including phenoxy) is 1. The van der Waals surface area contributed by atoms with Crippen molar-refractivity contribution >= 4 is 29.1 Å². The molecule has 0 saturated heterocycles. The van der Waals surface area contributed by atoms with Gasteiger partial charge in [-0.1, -0.05) is 53.6 Å². The number of carbonyl (C=O) groups is 2. The summed E-state index contributed by atoms with van der Waals surface area (Å²) in [5.41, 5.74) is 6.69. The summed E-state index contributed by atoms with van der Waals surface area (Å²) in [6, 6.07) is 20.2. The van der Waals surface area contributed by atoms with Gasteiger partial charge in [0.1, 0.15) is 11.9 Å². The Hall–Kier alpha value is -3.51. The zero-order valence-corrected chi connectivity index (χ0v) is 17.9. The number of halogens is 1. The highest BCUT2D eigenvalue weighted by molar-refractivity contribution is 6.30. The summed E-state index contributed by atoms with van der Waals surface area (Å²) in [4.78, 5) is 25.9. The summed E-state index contributed by atoms with van der Waals surface area (Å²) in [6.07, 6.45) is -0.552. The van der Waals surface area contributed by atoms with E-state index in [2.05, 4.69) is 10.7 Å². The molecule has 1 aliphatic rings. The van der Waals surface area contributed by atoms with Crippen LogP contribution in [0.2, 0.25) is 5.02 Å². The van der Waals surface area contributed by atoms with Crippen molar-refractivity contribution in [1.29, 1.82) is 0 Å². The molecular weight excluding hydrogens is 414 g/mol. The molecule has 4 rings (SSSR count). The highest BCUT2D eigenvalue weighted by atomic mass is 35.5. The predicted molar refractivity (Wildman–Crippen MR) is 120 cm³/mol. The number of hydrogen-bond acceptors (Lipinski definition) is 4. The summed E-state index contributed by atoms with van der Waals surface area (Å²) in [5, 5.41) is 5.25. The van der Waals surface area contributed by atoms with Gasteiger partial charge in [-0.05, 0) is 55.3 Å². The van der Waals surface area contributed by atoms with Gasteiger partial charge in [-0.2, -0.15) is 0 Å². The van der Waals surface area contributed by atoms with Crippen LogP contribution in [0.3, 0.4) is 0 Å². The van der Waals surface area contributed by atoms with Crippen LogP contribution in [0.5, 0.6) is 5.75 Å². The number of nitrogens with one attached hydrogen (secondary N) is 2. The highest BCUT2D eigenvalue weighted by Crippen LogP contribution is 2.32. The number of para-hydroxylation sites is 1. The molecule has 1 aliphatic heterocycles. The van der Waals surface area contributed by atoms with Gasteiger partial charge in [-0.25, -0.2) is 5.01 Å². The summed E-state index contributed by atoms with van der Waals surface area (Å²) in [5.74, 6) is -0.181. The Kier molecular flexibility index (Phi) is 5.82. The lowest BCUT2D eigenvalue weighted by atomic mass is 10.0. The van der Waals surface area contributed by atoms with Gasteiger partial charge in [-0.15, -0.1) is 0 Å². The van der Waals surface area contributed by atoms with E-state index in [9.17, 15) is 9.59 Å². The molecule has 0 radical (unpaired) electrons. The lowest BCUT2D eigenvalue weighted by molar-refractivity contribution is -0.127. The molecule has 0 aliphatic carbocycles. The predicted octanol–water partition coefficient (Wildman–Crippen LogP) is 4.63. The number of amides is 2. The standard InChI is InChI=1S/C24H22ClN3O3/c1-15-7-9-17(10-8-15)23-26-20-6-4-3-5-19(20)24(30)28(23)27-22(29)14-31-21-12-11-18(25)13-16(21)2/h3-13,23,26H,14H2,1-2H3,(H,27,29). The fourth-order valence-electron chi connectivity index (χ4n) is 3.44. The Morgan fingerprint density at radius 2 is 1.84 bits per heavy atom. The van der Waals surface area contributed by atoms with E-state index in [1.54, 1.807) is 30.3 Å². The van der Waals surface area contributed by atoms with Gasteiger partial charge in [0.05, 0.1) is 5.56 Å². The van der Waals surface area contributed by atoms with E-state index in [-0.39, 0.29) is 12.5 Å². The first-order valence-corrected chi connectivity index (χ1v) is 10.2. The first kappa shape index (κ1) is 20.8. The molecule has 3 aromatic rings. The van der Waals surface area contributed by atoms with Crippen LogP contribution in [-0.2, 0) is 4.79 Å². The fraction of sp³-hybridized carbons (Fsp3) is 0.167.